The molecule has 4 heteroatoms. The van der Waals surface area contributed by atoms with Gasteiger partial charge in [-0.3, -0.25) is 9.78 Å². The second-order valence-corrected chi connectivity index (χ2v) is 4.47. The van der Waals surface area contributed by atoms with Gasteiger partial charge in [-0.2, -0.15) is 0 Å². The van der Waals surface area contributed by atoms with Gasteiger partial charge in [0.25, 0.3) is 0 Å². The molecular weight excluding hydrogens is 230 g/mol. The molecule has 0 unspecified atom stereocenters. The highest BCUT2D eigenvalue weighted by atomic mass is 35.5. The van der Waals surface area contributed by atoms with E-state index in [1.165, 1.54) is 11.3 Å². The Morgan fingerprint density at radius 3 is 2.93 bits per heavy atom. The van der Waals surface area contributed by atoms with Crippen molar-refractivity contribution < 1.29 is 4.79 Å². The summed E-state index contributed by atoms with van der Waals surface area (Å²) in [5.74, 6) is -0.0637. The van der Waals surface area contributed by atoms with Gasteiger partial charge >= 0.3 is 0 Å². The maximum Gasteiger partial charge on any atom is 0.206 e. The second-order valence-electron chi connectivity index (χ2n) is 3.18. The molecule has 76 valence electrons. The van der Waals surface area contributed by atoms with E-state index in [-0.39, 0.29) is 5.78 Å². The van der Waals surface area contributed by atoms with Crippen LogP contribution in [0.5, 0.6) is 0 Å². The maximum absolute atomic E-state index is 12.0. The molecule has 2 rings (SSSR count). The van der Waals surface area contributed by atoms with Crippen LogP contribution in [0.15, 0.2) is 29.9 Å². The number of halogens is 1. The summed E-state index contributed by atoms with van der Waals surface area (Å²) in [6.45, 7) is 1.93. The lowest BCUT2D eigenvalue weighted by atomic mass is 10.1. The number of carbonyl (C=O) groups is 1. The zero-order chi connectivity index (χ0) is 10.8. The van der Waals surface area contributed by atoms with Gasteiger partial charge < -0.3 is 0 Å². The highest BCUT2D eigenvalue weighted by Crippen LogP contribution is 2.22. The van der Waals surface area contributed by atoms with Crippen molar-refractivity contribution in [1.29, 1.82) is 0 Å². The predicted octanol–water partition coefficient (Wildman–Crippen LogP) is 3.34. The first kappa shape index (κ1) is 10.3. The molecular formula is C11H8ClNOS. The summed E-state index contributed by atoms with van der Waals surface area (Å²) in [7, 11) is 0. The minimum absolute atomic E-state index is 0.0637. The van der Waals surface area contributed by atoms with Gasteiger partial charge in [-0.15, -0.1) is 11.3 Å². The molecule has 2 nitrogen and oxygen atoms in total. The van der Waals surface area contributed by atoms with Gasteiger partial charge in [0, 0.05) is 11.8 Å². The first-order chi connectivity index (χ1) is 7.18. The number of carbonyl (C=O) groups excluding carboxylic acids is 1. The molecule has 0 aliphatic carbocycles. The van der Waals surface area contributed by atoms with E-state index in [1.807, 2.05) is 13.0 Å². The summed E-state index contributed by atoms with van der Waals surface area (Å²) in [6.07, 6.45) is 1.56. The van der Waals surface area contributed by atoms with Crippen molar-refractivity contribution in [3.05, 3.63) is 50.9 Å². The van der Waals surface area contributed by atoms with Crippen LogP contribution in [-0.4, -0.2) is 10.8 Å². The van der Waals surface area contributed by atoms with E-state index in [0.717, 1.165) is 5.56 Å². The summed E-state index contributed by atoms with van der Waals surface area (Å²) in [5, 5.41) is 0.485. The van der Waals surface area contributed by atoms with E-state index >= 15 is 0 Å². The van der Waals surface area contributed by atoms with Crippen molar-refractivity contribution in [3.63, 3.8) is 0 Å². The third-order valence-corrected chi connectivity index (χ3v) is 3.12. The van der Waals surface area contributed by atoms with Crippen LogP contribution in [0.1, 0.15) is 20.8 Å². The Labute approximate surface area is 96.5 Å². The maximum atomic E-state index is 12.0. The molecule has 0 N–H and O–H groups in total. The number of hydrogen-bond donors (Lipinski definition) is 0. The van der Waals surface area contributed by atoms with Gasteiger partial charge in [0.05, 0.1) is 15.4 Å². The molecule has 0 atom stereocenters. The van der Waals surface area contributed by atoms with Crippen LogP contribution in [0.2, 0.25) is 5.02 Å². The molecule has 2 aromatic rings. The second kappa shape index (κ2) is 4.13. The zero-order valence-corrected chi connectivity index (χ0v) is 9.60. The van der Waals surface area contributed by atoms with E-state index < -0.39 is 0 Å². The number of aryl methyl sites for hydroxylation is 1. The van der Waals surface area contributed by atoms with E-state index in [2.05, 4.69) is 4.98 Å². The Kier molecular flexibility index (Phi) is 2.84. The molecule has 1 aromatic carbocycles. The van der Waals surface area contributed by atoms with Gasteiger partial charge in [0.15, 0.2) is 0 Å². The van der Waals surface area contributed by atoms with E-state index in [9.17, 15) is 4.79 Å². The summed E-state index contributed by atoms with van der Waals surface area (Å²) >= 11 is 7.29. The van der Waals surface area contributed by atoms with E-state index in [4.69, 9.17) is 11.6 Å². The minimum atomic E-state index is -0.0637. The largest absolute Gasteiger partial charge is 0.288 e. The summed E-state index contributed by atoms with van der Waals surface area (Å²) in [4.78, 5) is 16.5. The fraction of sp³-hybridized carbons (Fsp3) is 0.0909. The van der Waals surface area contributed by atoms with Gasteiger partial charge in [-0.1, -0.05) is 23.2 Å². The molecule has 0 spiro atoms. The van der Waals surface area contributed by atoms with Crippen LogP contribution in [0.25, 0.3) is 0 Å². The fourth-order valence-electron chi connectivity index (χ4n) is 1.27. The third-order valence-electron chi connectivity index (χ3n) is 2.02. The number of nitrogens with zero attached hydrogens (tertiary/aromatic N) is 1. The number of hydrogen-bond acceptors (Lipinski definition) is 3. The molecule has 0 bridgehead atoms. The standard InChI is InChI=1S/C11H8ClNOS/c1-7-2-3-9(12)8(4-7)11(14)10-5-13-6-15-10/h2-6H,1H3. The minimum Gasteiger partial charge on any atom is -0.288 e. The van der Waals surface area contributed by atoms with Crippen LogP contribution >= 0.6 is 22.9 Å². The molecule has 0 radical (unpaired) electrons. The number of benzene rings is 1. The van der Waals surface area contributed by atoms with Crippen molar-refractivity contribution in [2.24, 2.45) is 0 Å². The first-order valence-electron chi connectivity index (χ1n) is 4.38. The lowest BCUT2D eigenvalue weighted by Gasteiger charge is -2.02. The van der Waals surface area contributed by atoms with E-state index in [1.54, 1.807) is 23.8 Å². The Bertz CT molecular complexity index is 493. The van der Waals surface area contributed by atoms with Crippen LogP contribution in [0.4, 0.5) is 0 Å². The highest BCUT2D eigenvalue weighted by Gasteiger charge is 2.14. The van der Waals surface area contributed by atoms with Gasteiger partial charge in [0.1, 0.15) is 0 Å². The fourth-order valence-corrected chi connectivity index (χ4v) is 2.05. The molecule has 0 saturated heterocycles. The number of rotatable bonds is 2. The predicted molar refractivity (Wildman–Crippen MR) is 61.7 cm³/mol. The highest BCUT2D eigenvalue weighted by molar-refractivity contribution is 7.11. The summed E-state index contributed by atoms with van der Waals surface area (Å²) < 4.78 is 0. The number of aromatic nitrogens is 1. The summed E-state index contributed by atoms with van der Waals surface area (Å²) in [6, 6.07) is 5.42. The van der Waals surface area contributed by atoms with Gasteiger partial charge in [0.2, 0.25) is 5.78 Å². The molecule has 1 heterocycles. The molecule has 15 heavy (non-hydrogen) atoms. The van der Waals surface area contributed by atoms with Crippen LogP contribution in [0, 0.1) is 6.92 Å². The van der Waals surface area contributed by atoms with Crippen molar-refractivity contribution in [1.82, 2.24) is 4.98 Å². The third kappa shape index (κ3) is 2.08. The average molecular weight is 238 g/mol. The Morgan fingerprint density at radius 2 is 2.27 bits per heavy atom. The van der Waals surface area contributed by atoms with Gasteiger partial charge in [-0.05, 0) is 19.1 Å². The Hall–Kier alpha value is -1.19. The lowest BCUT2D eigenvalue weighted by molar-refractivity contribution is 0.104. The topological polar surface area (TPSA) is 30.0 Å². The Morgan fingerprint density at radius 1 is 1.47 bits per heavy atom. The van der Waals surface area contributed by atoms with E-state index in [0.29, 0.717) is 15.5 Å². The van der Waals surface area contributed by atoms with Crippen molar-refractivity contribution in [3.8, 4) is 0 Å². The van der Waals surface area contributed by atoms with Crippen LogP contribution < -0.4 is 0 Å². The van der Waals surface area contributed by atoms with Crippen molar-refractivity contribution in [2.45, 2.75) is 6.92 Å². The van der Waals surface area contributed by atoms with Crippen molar-refractivity contribution >= 4 is 28.7 Å². The quantitative estimate of drug-likeness (QED) is 0.750. The summed E-state index contributed by atoms with van der Waals surface area (Å²) in [5.41, 5.74) is 3.20. The number of ketones is 1. The zero-order valence-electron chi connectivity index (χ0n) is 8.03. The van der Waals surface area contributed by atoms with Gasteiger partial charge in [-0.25, -0.2) is 0 Å². The average Bonchev–Trinajstić information content (AvgIpc) is 2.74. The van der Waals surface area contributed by atoms with Crippen LogP contribution in [0.3, 0.4) is 0 Å². The molecule has 0 fully saturated rings. The normalized spacial score (nSPS) is 10.3. The lowest BCUT2D eigenvalue weighted by Crippen LogP contribution is -2.00. The van der Waals surface area contributed by atoms with Crippen molar-refractivity contribution in [2.75, 3.05) is 0 Å². The number of thiazole rings is 1. The molecule has 0 saturated carbocycles. The molecule has 0 aliphatic rings. The SMILES string of the molecule is Cc1ccc(Cl)c(C(=O)c2cncs2)c1. The monoisotopic (exact) mass is 237 g/mol. The molecule has 0 aliphatic heterocycles. The molecule has 0 amide bonds. The first-order valence-corrected chi connectivity index (χ1v) is 5.63. The molecule has 1 aromatic heterocycles. The van der Waals surface area contributed by atoms with Crippen LogP contribution in [-0.2, 0) is 0 Å². The smallest absolute Gasteiger partial charge is 0.206 e. The Balaban J connectivity index is 2.46.